The second kappa shape index (κ2) is 8.79. The number of nitrogens with one attached hydrogen (secondary N) is 1. The molecule has 1 unspecified atom stereocenters. The molecule has 0 heterocycles. The van der Waals surface area contributed by atoms with Crippen LogP contribution < -0.4 is 14.8 Å². The third-order valence-corrected chi connectivity index (χ3v) is 2.73. The van der Waals surface area contributed by atoms with Gasteiger partial charge in [0.1, 0.15) is 12.7 Å². The SMILES string of the molecule is COCC(O)COc1ccc(CNC(C)C)cc1OC. The van der Waals surface area contributed by atoms with Gasteiger partial charge in [0.15, 0.2) is 11.5 Å². The van der Waals surface area contributed by atoms with Crippen LogP contribution >= 0.6 is 0 Å². The Morgan fingerprint density at radius 3 is 2.50 bits per heavy atom. The van der Waals surface area contributed by atoms with Crippen LogP contribution in [-0.2, 0) is 11.3 Å². The van der Waals surface area contributed by atoms with Gasteiger partial charge in [0.2, 0.25) is 0 Å². The largest absolute Gasteiger partial charge is 0.493 e. The van der Waals surface area contributed by atoms with Gasteiger partial charge in [-0.15, -0.1) is 0 Å². The Balaban J connectivity index is 2.63. The zero-order valence-corrected chi connectivity index (χ0v) is 12.7. The van der Waals surface area contributed by atoms with E-state index in [-0.39, 0.29) is 13.2 Å². The van der Waals surface area contributed by atoms with Crippen molar-refractivity contribution in [2.75, 3.05) is 27.4 Å². The Hall–Kier alpha value is -1.30. The number of hydrogen-bond acceptors (Lipinski definition) is 5. The van der Waals surface area contributed by atoms with Gasteiger partial charge in [-0.1, -0.05) is 19.9 Å². The lowest BCUT2D eigenvalue weighted by molar-refractivity contribution is 0.0319. The summed E-state index contributed by atoms with van der Waals surface area (Å²) in [6.07, 6.45) is -0.646. The van der Waals surface area contributed by atoms with Crippen molar-refractivity contribution >= 4 is 0 Å². The summed E-state index contributed by atoms with van der Waals surface area (Å²) in [6, 6.07) is 6.21. The third-order valence-electron chi connectivity index (χ3n) is 2.73. The third kappa shape index (κ3) is 5.77. The molecule has 0 saturated heterocycles. The van der Waals surface area contributed by atoms with Crippen molar-refractivity contribution in [3.05, 3.63) is 23.8 Å². The first-order chi connectivity index (χ1) is 9.56. The van der Waals surface area contributed by atoms with Crippen LogP contribution in [-0.4, -0.2) is 44.7 Å². The molecule has 1 rings (SSSR count). The summed E-state index contributed by atoms with van der Waals surface area (Å²) in [5, 5.41) is 12.9. The van der Waals surface area contributed by atoms with Gasteiger partial charge >= 0.3 is 0 Å². The molecule has 0 aromatic heterocycles. The van der Waals surface area contributed by atoms with Gasteiger partial charge in [-0.3, -0.25) is 0 Å². The van der Waals surface area contributed by atoms with Crippen LogP contribution in [0.3, 0.4) is 0 Å². The highest BCUT2D eigenvalue weighted by Gasteiger charge is 2.09. The van der Waals surface area contributed by atoms with Crippen LogP contribution in [0, 0.1) is 0 Å². The number of ether oxygens (including phenoxy) is 3. The van der Waals surface area contributed by atoms with E-state index >= 15 is 0 Å². The van der Waals surface area contributed by atoms with E-state index in [0.717, 1.165) is 12.1 Å². The Bertz CT molecular complexity index is 395. The Morgan fingerprint density at radius 2 is 1.90 bits per heavy atom. The van der Waals surface area contributed by atoms with E-state index < -0.39 is 6.10 Å². The predicted molar refractivity (Wildman–Crippen MR) is 78.3 cm³/mol. The zero-order valence-electron chi connectivity index (χ0n) is 12.7. The van der Waals surface area contributed by atoms with E-state index in [9.17, 15) is 5.11 Å². The molecule has 20 heavy (non-hydrogen) atoms. The highest BCUT2D eigenvalue weighted by Crippen LogP contribution is 2.28. The van der Waals surface area contributed by atoms with E-state index in [2.05, 4.69) is 19.2 Å². The number of hydrogen-bond donors (Lipinski definition) is 2. The van der Waals surface area contributed by atoms with Gasteiger partial charge < -0.3 is 24.6 Å². The molecule has 5 nitrogen and oxygen atoms in total. The lowest BCUT2D eigenvalue weighted by atomic mass is 10.2. The molecule has 1 aromatic rings. The monoisotopic (exact) mass is 283 g/mol. The highest BCUT2D eigenvalue weighted by atomic mass is 16.5. The van der Waals surface area contributed by atoms with E-state index in [1.165, 1.54) is 0 Å². The number of rotatable bonds is 9. The first-order valence-corrected chi connectivity index (χ1v) is 6.77. The molecule has 2 N–H and O–H groups in total. The summed E-state index contributed by atoms with van der Waals surface area (Å²) >= 11 is 0. The lowest BCUT2D eigenvalue weighted by Crippen LogP contribution is -2.23. The van der Waals surface area contributed by atoms with Gasteiger partial charge in [-0.25, -0.2) is 0 Å². The molecule has 1 aromatic carbocycles. The van der Waals surface area contributed by atoms with Crippen LogP contribution in [0.1, 0.15) is 19.4 Å². The number of aliphatic hydroxyl groups excluding tert-OH is 1. The molecular weight excluding hydrogens is 258 g/mol. The minimum absolute atomic E-state index is 0.174. The highest BCUT2D eigenvalue weighted by molar-refractivity contribution is 5.43. The van der Waals surface area contributed by atoms with Crippen molar-refractivity contribution in [1.82, 2.24) is 5.32 Å². The van der Waals surface area contributed by atoms with Gasteiger partial charge in [0, 0.05) is 19.7 Å². The van der Waals surface area contributed by atoms with E-state index in [0.29, 0.717) is 17.5 Å². The molecule has 0 bridgehead atoms. The summed E-state index contributed by atoms with van der Waals surface area (Å²) in [5.74, 6) is 1.29. The average molecular weight is 283 g/mol. The van der Waals surface area contributed by atoms with Crippen LogP contribution in [0.4, 0.5) is 0 Å². The fraction of sp³-hybridized carbons (Fsp3) is 0.600. The number of benzene rings is 1. The molecule has 1 atom stereocenters. The normalized spacial score (nSPS) is 12.5. The van der Waals surface area contributed by atoms with Crippen molar-refractivity contribution in [3.63, 3.8) is 0 Å². The van der Waals surface area contributed by atoms with Crippen molar-refractivity contribution in [3.8, 4) is 11.5 Å². The topological polar surface area (TPSA) is 60.0 Å². The molecule has 0 fully saturated rings. The van der Waals surface area contributed by atoms with E-state index in [1.54, 1.807) is 14.2 Å². The first-order valence-electron chi connectivity index (χ1n) is 6.77. The second-order valence-corrected chi connectivity index (χ2v) is 4.94. The van der Waals surface area contributed by atoms with Crippen LogP contribution in [0.2, 0.25) is 0 Å². The molecule has 0 saturated carbocycles. The molecule has 0 aliphatic heterocycles. The standard InChI is InChI=1S/C15H25NO4/c1-11(2)16-8-12-5-6-14(15(7-12)19-4)20-10-13(17)9-18-3/h5-7,11,13,16-17H,8-10H2,1-4H3. The Morgan fingerprint density at radius 1 is 1.15 bits per heavy atom. The smallest absolute Gasteiger partial charge is 0.161 e. The van der Waals surface area contributed by atoms with Crippen molar-refractivity contribution in [1.29, 1.82) is 0 Å². The summed E-state index contributed by atoms with van der Waals surface area (Å²) in [7, 11) is 3.15. The molecule has 0 aliphatic carbocycles. The Kier molecular flexibility index (Phi) is 7.36. The van der Waals surface area contributed by atoms with Gasteiger partial charge in [-0.05, 0) is 17.7 Å². The van der Waals surface area contributed by atoms with Crippen LogP contribution in [0.25, 0.3) is 0 Å². The van der Waals surface area contributed by atoms with Crippen molar-refractivity contribution in [2.45, 2.75) is 32.5 Å². The minimum atomic E-state index is -0.646. The second-order valence-electron chi connectivity index (χ2n) is 4.94. The quantitative estimate of drug-likeness (QED) is 0.720. The van der Waals surface area contributed by atoms with Gasteiger partial charge in [0.05, 0.1) is 13.7 Å². The predicted octanol–water partition coefficient (Wildman–Crippen LogP) is 1.58. The van der Waals surface area contributed by atoms with Gasteiger partial charge in [-0.2, -0.15) is 0 Å². The molecule has 0 amide bonds. The fourth-order valence-corrected chi connectivity index (χ4v) is 1.69. The summed E-state index contributed by atoms with van der Waals surface area (Å²) < 4.78 is 15.7. The van der Waals surface area contributed by atoms with Crippen molar-refractivity contribution < 1.29 is 19.3 Å². The van der Waals surface area contributed by atoms with E-state index in [4.69, 9.17) is 14.2 Å². The van der Waals surface area contributed by atoms with Gasteiger partial charge in [0.25, 0.3) is 0 Å². The molecule has 114 valence electrons. The fourth-order valence-electron chi connectivity index (χ4n) is 1.69. The zero-order chi connectivity index (χ0) is 15.0. The van der Waals surface area contributed by atoms with Crippen LogP contribution in [0.15, 0.2) is 18.2 Å². The molecule has 0 aliphatic rings. The molecule has 5 heteroatoms. The first kappa shape index (κ1) is 16.8. The minimum Gasteiger partial charge on any atom is -0.493 e. The lowest BCUT2D eigenvalue weighted by Gasteiger charge is -2.15. The summed E-state index contributed by atoms with van der Waals surface area (Å²) in [4.78, 5) is 0. The van der Waals surface area contributed by atoms with Crippen LogP contribution in [0.5, 0.6) is 11.5 Å². The maximum absolute atomic E-state index is 9.57. The van der Waals surface area contributed by atoms with E-state index in [1.807, 2.05) is 18.2 Å². The maximum atomic E-state index is 9.57. The molecule has 0 spiro atoms. The van der Waals surface area contributed by atoms with Crippen molar-refractivity contribution in [2.24, 2.45) is 0 Å². The Labute approximate surface area is 120 Å². The molecular formula is C15H25NO4. The number of aliphatic hydroxyl groups is 1. The summed E-state index contributed by atoms with van der Waals surface area (Å²) in [6.45, 7) is 5.41. The molecule has 0 radical (unpaired) electrons. The number of methoxy groups -OCH3 is 2. The average Bonchev–Trinajstić information content (AvgIpc) is 2.43. The maximum Gasteiger partial charge on any atom is 0.161 e. The summed E-state index contributed by atoms with van der Waals surface area (Å²) in [5.41, 5.74) is 1.13.